The van der Waals surface area contributed by atoms with Crippen LogP contribution in [0.25, 0.3) is 0 Å². The molecule has 1 N–H and O–H groups in total. The zero-order chi connectivity index (χ0) is 11.0. The molecule has 2 nitrogen and oxygen atoms in total. The zero-order valence-corrected chi connectivity index (χ0v) is 11.2. The first-order valence-corrected chi connectivity index (χ1v) is 6.63. The molecule has 0 rings (SSSR count). The Morgan fingerprint density at radius 1 is 1.21 bits per heavy atom. The molecule has 1 atom stereocenters. The molecule has 0 spiro atoms. The lowest BCUT2D eigenvalue weighted by Crippen LogP contribution is -2.28. The second-order valence-corrected chi connectivity index (χ2v) is 5.70. The molecule has 0 aliphatic carbocycles. The molecule has 0 amide bonds. The van der Waals surface area contributed by atoms with Crippen molar-refractivity contribution in [2.24, 2.45) is 5.92 Å². The van der Waals surface area contributed by atoms with E-state index in [2.05, 4.69) is 56.8 Å². The Hall–Kier alpha value is 0.270. The van der Waals surface area contributed by atoms with Crippen LogP contribution in [0.2, 0.25) is 0 Å². The van der Waals surface area contributed by atoms with Gasteiger partial charge in [-0.05, 0) is 32.3 Å². The molecule has 1 unspecified atom stereocenters. The summed E-state index contributed by atoms with van der Waals surface area (Å²) in [6, 6.07) is 0.615. The van der Waals surface area contributed by atoms with Crippen LogP contribution in [0.4, 0.5) is 0 Å². The summed E-state index contributed by atoms with van der Waals surface area (Å²) in [6.45, 7) is 9.05. The monoisotopic (exact) mass is 218 g/mol. The highest BCUT2D eigenvalue weighted by molar-refractivity contribution is 7.99. The van der Waals surface area contributed by atoms with Crippen molar-refractivity contribution in [3.8, 4) is 0 Å². The molecule has 0 aliphatic rings. The summed E-state index contributed by atoms with van der Waals surface area (Å²) in [4.78, 5) is 2.24. The average molecular weight is 218 g/mol. The summed E-state index contributed by atoms with van der Waals surface area (Å²) in [5.74, 6) is 3.30. The molecule has 86 valence electrons. The minimum absolute atomic E-state index is 0.615. The lowest BCUT2D eigenvalue weighted by atomic mass is 10.2. The van der Waals surface area contributed by atoms with Crippen LogP contribution in [0.15, 0.2) is 0 Å². The minimum atomic E-state index is 0.615. The second kappa shape index (κ2) is 8.57. The van der Waals surface area contributed by atoms with Gasteiger partial charge in [0.2, 0.25) is 0 Å². The normalized spacial score (nSPS) is 13.9. The van der Waals surface area contributed by atoms with Crippen LogP contribution in [-0.2, 0) is 0 Å². The molecular weight excluding hydrogens is 192 g/mol. The van der Waals surface area contributed by atoms with Crippen LogP contribution >= 0.6 is 11.8 Å². The number of rotatable bonds is 8. The third-order valence-electron chi connectivity index (χ3n) is 1.96. The van der Waals surface area contributed by atoms with Gasteiger partial charge in [-0.1, -0.05) is 20.8 Å². The summed E-state index contributed by atoms with van der Waals surface area (Å²) >= 11 is 2.06. The lowest BCUT2D eigenvalue weighted by molar-refractivity contribution is 0.437. The van der Waals surface area contributed by atoms with E-state index in [-0.39, 0.29) is 0 Å². The zero-order valence-electron chi connectivity index (χ0n) is 10.3. The Balaban J connectivity index is 3.22. The molecule has 0 fully saturated rings. The van der Waals surface area contributed by atoms with Crippen molar-refractivity contribution < 1.29 is 0 Å². The van der Waals surface area contributed by atoms with Crippen LogP contribution in [-0.4, -0.2) is 49.6 Å². The Morgan fingerprint density at radius 2 is 1.86 bits per heavy atom. The summed E-state index contributed by atoms with van der Waals surface area (Å²) in [7, 11) is 4.26. The maximum Gasteiger partial charge on any atom is 0.00662 e. The lowest BCUT2D eigenvalue weighted by Gasteiger charge is -2.15. The largest absolute Gasteiger partial charge is 0.314 e. The average Bonchev–Trinajstić information content (AvgIpc) is 2.08. The Bertz CT molecular complexity index is 126. The fraction of sp³-hybridized carbons (Fsp3) is 1.00. The van der Waals surface area contributed by atoms with Gasteiger partial charge in [-0.15, -0.1) is 0 Å². The van der Waals surface area contributed by atoms with Crippen molar-refractivity contribution in [1.29, 1.82) is 0 Å². The standard InChI is InChI=1S/C11H26N2S/c1-10(2)12-8-11(3)9-14-7-6-13(4)5/h10-12H,6-9H2,1-5H3. The minimum Gasteiger partial charge on any atom is -0.314 e. The van der Waals surface area contributed by atoms with Crippen molar-refractivity contribution in [3.05, 3.63) is 0 Å². The maximum atomic E-state index is 3.47. The Kier molecular flexibility index (Phi) is 8.73. The molecule has 3 heteroatoms. The molecule has 0 bridgehead atoms. The quantitative estimate of drug-likeness (QED) is 0.627. The number of hydrogen-bond acceptors (Lipinski definition) is 3. The highest BCUT2D eigenvalue weighted by Gasteiger charge is 2.02. The number of nitrogens with one attached hydrogen (secondary N) is 1. The van der Waals surface area contributed by atoms with Gasteiger partial charge in [0.1, 0.15) is 0 Å². The molecular formula is C11H26N2S. The first-order valence-electron chi connectivity index (χ1n) is 5.48. The highest BCUT2D eigenvalue weighted by atomic mass is 32.2. The van der Waals surface area contributed by atoms with E-state index in [9.17, 15) is 0 Å². The summed E-state index contributed by atoms with van der Waals surface area (Å²) in [6.07, 6.45) is 0. The van der Waals surface area contributed by atoms with Crippen molar-refractivity contribution in [3.63, 3.8) is 0 Å². The summed E-state index contributed by atoms with van der Waals surface area (Å²) < 4.78 is 0. The van der Waals surface area contributed by atoms with Crippen molar-refractivity contribution in [1.82, 2.24) is 10.2 Å². The van der Waals surface area contributed by atoms with E-state index in [1.807, 2.05) is 0 Å². The van der Waals surface area contributed by atoms with Crippen LogP contribution in [0.1, 0.15) is 20.8 Å². The van der Waals surface area contributed by atoms with E-state index in [4.69, 9.17) is 0 Å². The molecule has 0 aromatic carbocycles. The van der Waals surface area contributed by atoms with E-state index < -0.39 is 0 Å². The van der Waals surface area contributed by atoms with E-state index in [0.29, 0.717) is 6.04 Å². The van der Waals surface area contributed by atoms with Gasteiger partial charge >= 0.3 is 0 Å². The maximum absolute atomic E-state index is 3.47. The van der Waals surface area contributed by atoms with Gasteiger partial charge in [-0.25, -0.2) is 0 Å². The molecule has 0 aromatic rings. The predicted octanol–water partition coefficient (Wildman–Crippen LogP) is 1.92. The van der Waals surface area contributed by atoms with E-state index >= 15 is 0 Å². The third kappa shape index (κ3) is 10.4. The van der Waals surface area contributed by atoms with Gasteiger partial charge in [0.05, 0.1) is 0 Å². The van der Waals surface area contributed by atoms with E-state index in [1.54, 1.807) is 0 Å². The molecule has 0 heterocycles. The van der Waals surface area contributed by atoms with E-state index in [1.165, 1.54) is 18.1 Å². The van der Waals surface area contributed by atoms with E-state index in [0.717, 1.165) is 12.5 Å². The van der Waals surface area contributed by atoms with Crippen molar-refractivity contribution in [2.75, 3.05) is 38.7 Å². The van der Waals surface area contributed by atoms with Gasteiger partial charge in [-0.2, -0.15) is 11.8 Å². The molecule has 0 radical (unpaired) electrons. The molecule has 0 aliphatic heterocycles. The first-order chi connectivity index (χ1) is 6.52. The predicted molar refractivity (Wildman–Crippen MR) is 68.2 cm³/mol. The van der Waals surface area contributed by atoms with Gasteiger partial charge < -0.3 is 10.2 Å². The number of hydrogen-bond donors (Lipinski definition) is 1. The Morgan fingerprint density at radius 3 is 2.36 bits per heavy atom. The van der Waals surface area contributed by atoms with Crippen molar-refractivity contribution >= 4 is 11.8 Å². The topological polar surface area (TPSA) is 15.3 Å². The fourth-order valence-electron chi connectivity index (χ4n) is 1.03. The van der Waals surface area contributed by atoms with Crippen LogP contribution in [0.5, 0.6) is 0 Å². The molecule has 0 saturated carbocycles. The summed E-state index contributed by atoms with van der Waals surface area (Å²) in [5, 5.41) is 3.47. The molecule has 14 heavy (non-hydrogen) atoms. The van der Waals surface area contributed by atoms with Gasteiger partial charge in [0.25, 0.3) is 0 Å². The number of nitrogens with zero attached hydrogens (tertiary/aromatic N) is 1. The van der Waals surface area contributed by atoms with Gasteiger partial charge in [0.15, 0.2) is 0 Å². The highest BCUT2D eigenvalue weighted by Crippen LogP contribution is 2.07. The summed E-state index contributed by atoms with van der Waals surface area (Å²) in [5.41, 5.74) is 0. The van der Waals surface area contributed by atoms with Gasteiger partial charge in [0, 0.05) is 18.3 Å². The van der Waals surface area contributed by atoms with Crippen LogP contribution < -0.4 is 5.32 Å². The van der Waals surface area contributed by atoms with Crippen molar-refractivity contribution in [2.45, 2.75) is 26.8 Å². The molecule has 0 saturated heterocycles. The Labute approximate surface area is 93.8 Å². The van der Waals surface area contributed by atoms with Crippen LogP contribution in [0, 0.1) is 5.92 Å². The SMILES string of the molecule is CC(CNC(C)C)CSCCN(C)C. The fourth-order valence-corrected chi connectivity index (χ4v) is 2.21. The molecule has 0 aromatic heterocycles. The third-order valence-corrected chi connectivity index (χ3v) is 3.24. The second-order valence-electron chi connectivity index (χ2n) is 4.55. The van der Waals surface area contributed by atoms with Gasteiger partial charge in [-0.3, -0.25) is 0 Å². The number of thioether (sulfide) groups is 1. The first kappa shape index (κ1) is 14.3. The van der Waals surface area contributed by atoms with Crippen LogP contribution in [0.3, 0.4) is 0 Å². The smallest absolute Gasteiger partial charge is 0.00662 e.